The highest BCUT2D eigenvalue weighted by molar-refractivity contribution is 6.06. The molecule has 2 heterocycles. The maximum Gasteiger partial charge on any atom is 0.160 e. The van der Waals surface area contributed by atoms with Gasteiger partial charge in [0.25, 0.3) is 0 Å². The monoisotopic (exact) mass is 790 g/mol. The number of fused-ring (bicyclic) bond motifs is 6. The molecule has 0 fully saturated rings. The molecule has 11 aromatic rings. The lowest BCUT2D eigenvalue weighted by molar-refractivity contribution is 0.669. The first-order valence-corrected chi connectivity index (χ1v) is 21.1. The van der Waals surface area contributed by atoms with Gasteiger partial charge in [-0.2, -0.15) is 0 Å². The van der Waals surface area contributed by atoms with E-state index in [0.29, 0.717) is 5.82 Å². The third kappa shape index (κ3) is 5.67. The third-order valence-corrected chi connectivity index (χ3v) is 12.6. The molecule has 0 saturated heterocycles. The molecule has 0 N–H and O–H groups in total. The summed E-state index contributed by atoms with van der Waals surface area (Å²) in [5, 5.41) is 2.22. The van der Waals surface area contributed by atoms with Crippen molar-refractivity contribution < 1.29 is 4.42 Å². The Morgan fingerprint density at radius 3 is 1.45 bits per heavy atom. The Hall–Kier alpha value is -8.14. The molecule has 0 amide bonds. The summed E-state index contributed by atoms with van der Waals surface area (Å²) in [6.45, 7) is 0. The summed E-state index contributed by atoms with van der Waals surface area (Å²) in [5.41, 5.74) is 17.9. The van der Waals surface area contributed by atoms with Gasteiger partial charge in [0.2, 0.25) is 0 Å². The van der Waals surface area contributed by atoms with Gasteiger partial charge < -0.3 is 4.42 Å². The number of rotatable bonds is 7. The topological polar surface area (TPSA) is 38.9 Å². The average molecular weight is 791 g/mol. The van der Waals surface area contributed by atoms with E-state index in [-0.39, 0.29) is 0 Å². The van der Waals surface area contributed by atoms with Gasteiger partial charge in [0, 0.05) is 27.5 Å². The number of para-hydroxylation sites is 1. The van der Waals surface area contributed by atoms with Crippen molar-refractivity contribution in [2.24, 2.45) is 0 Å². The fraction of sp³-hybridized carbons (Fsp3) is 0.0169. The minimum Gasteiger partial charge on any atom is -0.456 e. The van der Waals surface area contributed by atoms with Gasteiger partial charge in [-0.25, -0.2) is 9.97 Å². The Bertz CT molecular complexity index is 3420. The molecule has 1 aliphatic rings. The Balaban J connectivity index is 1.05. The van der Waals surface area contributed by atoms with Crippen LogP contribution in [0.4, 0.5) is 0 Å². The maximum atomic E-state index is 6.35. The lowest BCUT2D eigenvalue weighted by Crippen LogP contribution is -2.28. The van der Waals surface area contributed by atoms with Gasteiger partial charge in [-0.1, -0.05) is 200 Å². The van der Waals surface area contributed by atoms with E-state index in [2.05, 4.69) is 200 Å². The van der Waals surface area contributed by atoms with Gasteiger partial charge >= 0.3 is 0 Å². The van der Waals surface area contributed by atoms with Crippen LogP contribution in [-0.2, 0) is 5.41 Å². The summed E-state index contributed by atoms with van der Waals surface area (Å²) in [4.78, 5) is 10.7. The zero-order chi connectivity index (χ0) is 41.0. The van der Waals surface area contributed by atoms with E-state index in [1.165, 1.54) is 33.4 Å². The molecular formula is C59H38N2O. The second kappa shape index (κ2) is 14.5. The first-order chi connectivity index (χ1) is 30.7. The largest absolute Gasteiger partial charge is 0.456 e. The molecule has 9 aromatic carbocycles. The average Bonchev–Trinajstić information content (AvgIpc) is 3.88. The third-order valence-electron chi connectivity index (χ3n) is 12.6. The normalized spacial score (nSPS) is 12.6. The lowest BCUT2D eigenvalue weighted by atomic mass is 9.67. The Kier molecular flexibility index (Phi) is 8.39. The van der Waals surface area contributed by atoms with Crippen molar-refractivity contribution in [3.8, 4) is 67.3 Å². The first-order valence-electron chi connectivity index (χ1n) is 21.1. The van der Waals surface area contributed by atoms with Crippen molar-refractivity contribution in [2.45, 2.75) is 5.41 Å². The first kappa shape index (κ1) is 35.8. The van der Waals surface area contributed by atoms with E-state index in [4.69, 9.17) is 14.4 Å². The highest BCUT2D eigenvalue weighted by atomic mass is 16.3. The fourth-order valence-electron chi connectivity index (χ4n) is 9.86. The Morgan fingerprint density at radius 1 is 0.306 bits per heavy atom. The zero-order valence-electron chi connectivity index (χ0n) is 33.7. The molecule has 0 atom stereocenters. The van der Waals surface area contributed by atoms with Gasteiger partial charge in [-0.3, -0.25) is 0 Å². The Labute approximate surface area is 360 Å². The van der Waals surface area contributed by atoms with Crippen LogP contribution in [0.3, 0.4) is 0 Å². The number of furan rings is 1. The van der Waals surface area contributed by atoms with E-state index in [1.54, 1.807) is 0 Å². The highest BCUT2D eigenvalue weighted by Crippen LogP contribution is 2.57. The van der Waals surface area contributed by atoms with Gasteiger partial charge in [-0.05, 0) is 86.0 Å². The van der Waals surface area contributed by atoms with Gasteiger partial charge in [0.15, 0.2) is 5.82 Å². The minimum atomic E-state index is -0.503. The van der Waals surface area contributed by atoms with E-state index in [0.717, 1.165) is 72.3 Å². The van der Waals surface area contributed by atoms with E-state index < -0.39 is 5.41 Å². The molecule has 62 heavy (non-hydrogen) atoms. The van der Waals surface area contributed by atoms with E-state index >= 15 is 0 Å². The molecule has 0 aliphatic heterocycles. The van der Waals surface area contributed by atoms with Crippen LogP contribution >= 0.6 is 0 Å². The molecule has 0 saturated carbocycles. The molecule has 3 heteroatoms. The molecule has 0 bridgehead atoms. The van der Waals surface area contributed by atoms with Crippen LogP contribution in [0.5, 0.6) is 0 Å². The summed E-state index contributed by atoms with van der Waals surface area (Å²) >= 11 is 0. The molecule has 0 unspecified atom stereocenters. The van der Waals surface area contributed by atoms with E-state index in [9.17, 15) is 0 Å². The van der Waals surface area contributed by atoms with Crippen molar-refractivity contribution >= 4 is 21.9 Å². The summed E-state index contributed by atoms with van der Waals surface area (Å²) in [7, 11) is 0. The number of hydrogen-bond donors (Lipinski definition) is 0. The standard InChI is InChI=1S/C59H38N2O/c1-4-18-39(19-5-1)58-60-54(38-55(61-58)49-28-13-11-25-45(49)41-33-35-51-50-29-15-17-31-56(50)62-57(51)37-41)48-27-12-10-24-44(48)40-32-34-47-46-26-14-16-30-52(46)59(53(47)36-40,42-20-6-2-7-21-42)43-22-8-3-9-23-43/h1-38H. The summed E-state index contributed by atoms with van der Waals surface area (Å²) in [5.74, 6) is 0.673. The lowest BCUT2D eigenvalue weighted by Gasteiger charge is -2.34. The SMILES string of the molecule is c1ccc(-c2nc(-c3ccccc3-c3ccc4c(c3)C(c3ccccc3)(c3ccccc3)c3ccccc3-4)cc(-c3ccccc3-c3ccc4c(c3)oc3ccccc34)n2)cc1. The van der Waals surface area contributed by atoms with Gasteiger partial charge in [0.05, 0.1) is 16.8 Å². The van der Waals surface area contributed by atoms with Crippen molar-refractivity contribution in [3.05, 3.63) is 253 Å². The molecule has 2 aromatic heterocycles. The quantitative estimate of drug-likeness (QED) is 0.161. The van der Waals surface area contributed by atoms with Crippen molar-refractivity contribution in [2.75, 3.05) is 0 Å². The van der Waals surface area contributed by atoms with Crippen molar-refractivity contribution in [1.29, 1.82) is 0 Å². The van der Waals surface area contributed by atoms with Crippen LogP contribution in [0.25, 0.3) is 89.2 Å². The highest BCUT2D eigenvalue weighted by Gasteiger charge is 2.46. The second-order valence-corrected chi connectivity index (χ2v) is 16.0. The van der Waals surface area contributed by atoms with Crippen LogP contribution in [-0.4, -0.2) is 9.97 Å². The van der Waals surface area contributed by atoms with Crippen LogP contribution in [0.2, 0.25) is 0 Å². The summed E-state index contributed by atoms with van der Waals surface area (Å²) < 4.78 is 6.35. The Morgan fingerprint density at radius 2 is 0.790 bits per heavy atom. The summed E-state index contributed by atoms with van der Waals surface area (Å²) in [6.07, 6.45) is 0. The zero-order valence-corrected chi connectivity index (χ0v) is 33.7. The van der Waals surface area contributed by atoms with Crippen LogP contribution in [0.15, 0.2) is 235 Å². The molecule has 0 radical (unpaired) electrons. The van der Waals surface area contributed by atoms with Crippen LogP contribution in [0.1, 0.15) is 22.3 Å². The summed E-state index contributed by atoms with van der Waals surface area (Å²) in [6, 6.07) is 82.3. The smallest absolute Gasteiger partial charge is 0.160 e. The molecule has 0 spiro atoms. The molecule has 1 aliphatic carbocycles. The predicted octanol–water partition coefficient (Wildman–Crippen LogP) is 15.1. The molecule has 3 nitrogen and oxygen atoms in total. The van der Waals surface area contributed by atoms with Crippen molar-refractivity contribution in [1.82, 2.24) is 9.97 Å². The van der Waals surface area contributed by atoms with Crippen LogP contribution in [0, 0.1) is 0 Å². The van der Waals surface area contributed by atoms with Crippen LogP contribution < -0.4 is 0 Å². The van der Waals surface area contributed by atoms with Gasteiger partial charge in [-0.15, -0.1) is 0 Å². The molecule has 290 valence electrons. The molecular weight excluding hydrogens is 753 g/mol. The number of hydrogen-bond acceptors (Lipinski definition) is 3. The predicted molar refractivity (Wildman–Crippen MR) is 254 cm³/mol. The number of aromatic nitrogens is 2. The van der Waals surface area contributed by atoms with E-state index in [1.807, 2.05) is 30.3 Å². The second-order valence-electron chi connectivity index (χ2n) is 16.0. The molecule has 12 rings (SSSR count). The fourth-order valence-corrected chi connectivity index (χ4v) is 9.86. The number of nitrogens with zero attached hydrogens (tertiary/aromatic N) is 2. The van der Waals surface area contributed by atoms with Gasteiger partial charge in [0.1, 0.15) is 11.2 Å². The maximum absolute atomic E-state index is 6.35. The number of benzene rings is 9. The minimum absolute atomic E-state index is 0.503. The van der Waals surface area contributed by atoms with Crippen molar-refractivity contribution in [3.63, 3.8) is 0 Å².